The lowest BCUT2D eigenvalue weighted by Crippen LogP contribution is -2.50. The number of allylic oxidation sites excluding steroid dienone is 2. The lowest BCUT2D eigenvalue weighted by molar-refractivity contribution is -0.128. The van der Waals surface area contributed by atoms with Gasteiger partial charge in [0.05, 0.1) is 21.8 Å². The van der Waals surface area contributed by atoms with Gasteiger partial charge in [-0.05, 0) is 49.2 Å². The van der Waals surface area contributed by atoms with Crippen LogP contribution < -0.4 is 10.2 Å². The molecular formula is C27H27Cl2N5O. The maximum atomic E-state index is 13.9. The largest absolute Gasteiger partial charge is 0.368 e. The van der Waals surface area contributed by atoms with E-state index in [9.17, 15) is 4.79 Å². The fraction of sp³-hybridized carbons (Fsp3) is 0.259. The highest BCUT2D eigenvalue weighted by Gasteiger charge is 2.36. The lowest BCUT2D eigenvalue weighted by atomic mass is 9.94. The number of carbonyl (C=O) groups excluding carboxylic acids is 1. The Bertz CT molecular complexity index is 1320. The Labute approximate surface area is 215 Å². The number of aromatic nitrogens is 2. The van der Waals surface area contributed by atoms with Crippen molar-refractivity contribution in [2.75, 3.05) is 36.4 Å². The molecule has 1 saturated heterocycles. The summed E-state index contributed by atoms with van der Waals surface area (Å²) in [6, 6.07) is 15.4. The van der Waals surface area contributed by atoms with Gasteiger partial charge in [-0.15, -0.1) is 0 Å². The normalized spacial score (nSPS) is 17.8. The second kappa shape index (κ2) is 9.44. The third-order valence-corrected chi connectivity index (χ3v) is 7.43. The van der Waals surface area contributed by atoms with Crippen molar-refractivity contribution in [2.45, 2.75) is 19.9 Å². The first-order valence-electron chi connectivity index (χ1n) is 11.6. The van der Waals surface area contributed by atoms with Crippen molar-refractivity contribution in [2.24, 2.45) is 0 Å². The molecule has 1 amide bonds. The number of hydrogen-bond acceptors (Lipinski definition) is 4. The SMILES string of the molecule is C=C(C)c1ccc(N2CCN(C(=O)C3=C(C)Nc4ccnn4C3c3ccc(Cl)c(Cl)c3)CC2)cc1. The van der Waals surface area contributed by atoms with Crippen LogP contribution in [0, 0.1) is 0 Å². The summed E-state index contributed by atoms with van der Waals surface area (Å²) in [4.78, 5) is 18.1. The summed E-state index contributed by atoms with van der Waals surface area (Å²) in [6.07, 6.45) is 1.73. The minimum absolute atomic E-state index is 0.00417. The predicted octanol–water partition coefficient (Wildman–Crippen LogP) is 5.86. The molecule has 1 fully saturated rings. The Kier molecular flexibility index (Phi) is 6.34. The molecule has 35 heavy (non-hydrogen) atoms. The Hall–Kier alpha value is -3.22. The van der Waals surface area contributed by atoms with Gasteiger partial charge in [-0.3, -0.25) is 4.79 Å². The molecule has 2 aliphatic heterocycles. The van der Waals surface area contributed by atoms with E-state index in [0.29, 0.717) is 28.7 Å². The molecule has 2 aliphatic rings. The number of benzene rings is 2. The molecule has 8 heteroatoms. The smallest absolute Gasteiger partial charge is 0.254 e. The van der Waals surface area contributed by atoms with Gasteiger partial charge in [-0.2, -0.15) is 5.10 Å². The highest BCUT2D eigenvalue weighted by molar-refractivity contribution is 6.42. The molecule has 0 saturated carbocycles. The first kappa shape index (κ1) is 23.5. The Morgan fingerprint density at radius 3 is 2.40 bits per heavy atom. The molecule has 3 heterocycles. The molecule has 1 aromatic heterocycles. The summed E-state index contributed by atoms with van der Waals surface area (Å²) < 4.78 is 1.83. The topological polar surface area (TPSA) is 53.4 Å². The van der Waals surface area contributed by atoms with Crippen molar-refractivity contribution in [1.82, 2.24) is 14.7 Å². The Morgan fingerprint density at radius 1 is 1.03 bits per heavy atom. The summed E-state index contributed by atoms with van der Waals surface area (Å²) in [5.74, 6) is 0.836. The number of piperazine rings is 1. The molecular weight excluding hydrogens is 481 g/mol. The van der Waals surface area contributed by atoms with E-state index in [4.69, 9.17) is 23.2 Å². The van der Waals surface area contributed by atoms with E-state index in [1.54, 1.807) is 12.3 Å². The standard InChI is InChI=1S/C27H27Cl2N5O/c1-17(2)19-4-7-21(8-5-19)32-12-14-33(15-13-32)27(35)25-18(3)31-24-10-11-30-34(24)26(25)20-6-9-22(28)23(29)16-20/h4-11,16,26,31H,1,12-15H2,2-3H3. The number of anilines is 2. The average Bonchev–Trinajstić information content (AvgIpc) is 3.32. The van der Waals surface area contributed by atoms with Crippen LogP contribution in [0.5, 0.6) is 0 Å². The van der Waals surface area contributed by atoms with Crippen molar-refractivity contribution in [3.63, 3.8) is 0 Å². The molecule has 1 unspecified atom stereocenters. The molecule has 3 aromatic rings. The van der Waals surface area contributed by atoms with Crippen molar-refractivity contribution in [1.29, 1.82) is 0 Å². The van der Waals surface area contributed by atoms with Gasteiger partial charge in [-0.25, -0.2) is 4.68 Å². The maximum absolute atomic E-state index is 13.9. The lowest BCUT2D eigenvalue weighted by Gasteiger charge is -2.38. The summed E-state index contributed by atoms with van der Waals surface area (Å²) in [6.45, 7) is 10.8. The maximum Gasteiger partial charge on any atom is 0.254 e. The second-order valence-corrected chi connectivity index (χ2v) is 9.82. The minimum Gasteiger partial charge on any atom is -0.368 e. The van der Waals surface area contributed by atoms with Crippen molar-refractivity contribution in [3.8, 4) is 0 Å². The molecule has 5 rings (SSSR count). The zero-order chi connectivity index (χ0) is 24.7. The molecule has 1 N–H and O–H groups in total. The third-order valence-electron chi connectivity index (χ3n) is 6.69. The zero-order valence-corrected chi connectivity index (χ0v) is 21.3. The van der Waals surface area contributed by atoms with E-state index in [0.717, 1.165) is 47.0 Å². The van der Waals surface area contributed by atoms with Crippen molar-refractivity contribution in [3.05, 3.63) is 93.7 Å². The fourth-order valence-electron chi connectivity index (χ4n) is 4.77. The molecule has 180 valence electrons. The summed E-state index contributed by atoms with van der Waals surface area (Å²) in [7, 11) is 0. The van der Waals surface area contributed by atoms with Crippen LogP contribution in [0.2, 0.25) is 10.0 Å². The highest BCUT2D eigenvalue weighted by atomic mass is 35.5. The van der Waals surface area contributed by atoms with Gasteiger partial charge in [0.25, 0.3) is 5.91 Å². The van der Waals surface area contributed by atoms with Gasteiger partial charge in [-0.1, -0.05) is 53.6 Å². The minimum atomic E-state index is -0.392. The number of nitrogens with one attached hydrogen (secondary N) is 1. The van der Waals surface area contributed by atoms with E-state index in [-0.39, 0.29) is 5.91 Å². The number of nitrogens with zero attached hydrogens (tertiary/aromatic N) is 4. The number of rotatable bonds is 4. The van der Waals surface area contributed by atoms with Crippen LogP contribution in [0.15, 0.2) is 72.6 Å². The average molecular weight is 508 g/mol. The van der Waals surface area contributed by atoms with Crippen molar-refractivity contribution < 1.29 is 4.79 Å². The van der Waals surface area contributed by atoms with Gasteiger partial charge in [0.15, 0.2) is 0 Å². The Morgan fingerprint density at radius 2 is 1.74 bits per heavy atom. The summed E-state index contributed by atoms with van der Waals surface area (Å²) in [5.41, 5.74) is 5.70. The van der Waals surface area contributed by atoms with Gasteiger partial charge < -0.3 is 15.1 Å². The second-order valence-electron chi connectivity index (χ2n) is 9.01. The molecule has 1 atom stereocenters. The quantitative estimate of drug-likeness (QED) is 0.480. The Balaban J connectivity index is 1.38. The van der Waals surface area contributed by atoms with Crippen LogP contribution in [-0.2, 0) is 4.79 Å². The molecule has 2 aromatic carbocycles. The first-order valence-corrected chi connectivity index (χ1v) is 12.4. The van der Waals surface area contributed by atoms with Gasteiger partial charge in [0, 0.05) is 43.6 Å². The van der Waals surface area contributed by atoms with E-state index >= 15 is 0 Å². The van der Waals surface area contributed by atoms with E-state index in [1.807, 2.05) is 41.6 Å². The number of fused-ring (bicyclic) bond motifs is 1. The number of halogens is 2. The van der Waals surface area contributed by atoms with Gasteiger partial charge >= 0.3 is 0 Å². The van der Waals surface area contributed by atoms with Crippen LogP contribution in [0.1, 0.15) is 31.0 Å². The van der Waals surface area contributed by atoms with Crippen LogP contribution >= 0.6 is 23.2 Å². The molecule has 0 radical (unpaired) electrons. The zero-order valence-electron chi connectivity index (χ0n) is 19.8. The highest BCUT2D eigenvalue weighted by Crippen LogP contribution is 2.38. The van der Waals surface area contributed by atoms with Gasteiger partial charge in [0.1, 0.15) is 11.9 Å². The molecule has 6 nitrogen and oxygen atoms in total. The molecule has 0 spiro atoms. The van der Waals surface area contributed by atoms with E-state index in [2.05, 4.69) is 46.2 Å². The number of amides is 1. The van der Waals surface area contributed by atoms with Crippen LogP contribution in [0.4, 0.5) is 11.5 Å². The van der Waals surface area contributed by atoms with Crippen LogP contribution in [0.25, 0.3) is 5.57 Å². The van der Waals surface area contributed by atoms with E-state index in [1.165, 1.54) is 0 Å². The van der Waals surface area contributed by atoms with Crippen LogP contribution in [0.3, 0.4) is 0 Å². The molecule has 0 bridgehead atoms. The number of hydrogen-bond donors (Lipinski definition) is 1. The molecule has 0 aliphatic carbocycles. The summed E-state index contributed by atoms with van der Waals surface area (Å²) in [5, 5.41) is 8.78. The number of carbonyl (C=O) groups is 1. The van der Waals surface area contributed by atoms with Gasteiger partial charge in [0.2, 0.25) is 0 Å². The predicted molar refractivity (Wildman–Crippen MR) is 143 cm³/mol. The van der Waals surface area contributed by atoms with Crippen LogP contribution in [-0.4, -0.2) is 46.8 Å². The van der Waals surface area contributed by atoms with Crippen molar-refractivity contribution >= 4 is 46.2 Å². The summed E-state index contributed by atoms with van der Waals surface area (Å²) >= 11 is 12.5. The fourth-order valence-corrected chi connectivity index (χ4v) is 5.07. The first-order chi connectivity index (χ1) is 16.8. The monoisotopic (exact) mass is 507 g/mol. The third kappa shape index (κ3) is 4.44. The van der Waals surface area contributed by atoms with E-state index < -0.39 is 6.04 Å².